The summed E-state index contributed by atoms with van der Waals surface area (Å²) in [5, 5.41) is 9.49. The Labute approximate surface area is 129 Å². The fourth-order valence-corrected chi connectivity index (χ4v) is 1.63. The maximum absolute atomic E-state index is 11.7. The van der Waals surface area contributed by atoms with Crippen molar-refractivity contribution >= 4 is 17.7 Å². The van der Waals surface area contributed by atoms with Crippen molar-refractivity contribution in [2.24, 2.45) is 0 Å². The van der Waals surface area contributed by atoms with E-state index in [0.29, 0.717) is 12.8 Å². The van der Waals surface area contributed by atoms with Gasteiger partial charge < -0.3 is 19.4 Å². The number of carbonyl (C=O) groups excluding carboxylic acids is 3. The minimum Gasteiger partial charge on any atom is -0.507 e. The molecule has 120 valence electrons. The number of hydrogen-bond donors (Lipinski definition) is 1. The van der Waals surface area contributed by atoms with Crippen LogP contribution in [0.3, 0.4) is 0 Å². The van der Waals surface area contributed by atoms with Crippen LogP contribution in [0.5, 0.6) is 5.75 Å². The Balaban J connectivity index is 2.11. The minimum absolute atomic E-state index is 0.0481. The molecule has 0 amide bonds. The van der Waals surface area contributed by atoms with Crippen molar-refractivity contribution in [3.8, 4) is 5.75 Å². The van der Waals surface area contributed by atoms with Crippen molar-refractivity contribution in [1.82, 2.24) is 0 Å². The van der Waals surface area contributed by atoms with E-state index in [-0.39, 0.29) is 43.2 Å². The van der Waals surface area contributed by atoms with E-state index >= 15 is 0 Å². The summed E-state index contributed by atoms with van der Waals surface area (Å²) in [5.74, 6) is -1.15. The van der Waals surface area contributed by atoms with E-state index in [4.69, 9.17) is 9.47 Å². The van der Waals surface area contributed by atoms with Gasteiger partial charge in [0.05, 0.1) is 19.6 Å². The zero-order valence-electron chi connectivity index (χ0n) is 12.5. The molecular formula is C16H20O6. The lowest BCUT2D eigenvalue weighted by atomic mass is 10.2. The molecule has 0 fully saturated rings. The molecule has 1 aromatic carbocycles. The molecule has 6 nitrogen and oxygen atoms in total. The lowest BCUT2D eigenvalue weighted by Crippen LogP contribution is -2.10. The van der Waals surface area contributed by atoms with Crippen LogP contribution in [0.25, 0.3) is 0 Å². The number of para-hydroxylation sites is 1. The first kappa shape index (κ1) is 17.7. The van der Waals surface area contributed by atoms with Gasteiger partial charge in [0.2, 0.25) is 0 Å². The van der Waals surface area contributed by atoms with Crippen molar-refractivity contribution < 1.29 is 29.0 Å². The number of unbranched alkanes of at least 4 members (excludes halogenated alkanes) is 1. The third-order valence-electron chi connectivity index (χ3n) is 2.84. The average Bonchev–Trinajstić information content (AvgIpc) is 2.48. The van der Waals surface area contributed by atoms with Gasteiger partial charge in [0.15, 0.2) is 0 Å². The predicted octanol–water partition coefficient (Wildman–Crippen LogP) is 2.24. The van der Waals surface area contributed by atoms with Crippen molar-refractivity contribution in [2.75, 3.05) is 13.2 Å². The third kappa shape index (κ3) is 6.88. The number of benzene rings is 1. The van der Waals surface area contributed by atoms with Crippen molar-refractivity contribution in [3.63, 3.8) is 0 Å². The standard InChI is InChI=1S/C16H20O6/c1-12(17)8-9-15(19)21-10-4-5-11-22-16(20)13-6-2-3-7-14(13)18/h2-3,6-7,18H,4-5,8-11H2,1H3. The maximum atomic E-state index is 11.7. The molecule has 0 saturated carbocycles. The van der Waals surface area contributed by atoms with Crippen LogP contribution in [-0.2, 0) is 19.1 Å². The molecule has 0 aliphatic heterocycles. The van der Waals surface area contributed by atoms with E-state index in [1.54, 1.807) is 12.1 Å². The Kier molecular flexibility index (Phi) is 7.67. The Bertz CT molecular complexity index is 523. The molecular weight excluding hydrogens is 288 g/mol. The highest BCUT2D eigenvalue weighted by atomic mass is 16.5. The summed E-state index contributed by atoms with van der Waals surface area (Å²) < 4.78 is 9.94. The van der Waals surface area contributed by atoms with Crippen LogP contribution in [-0.4, -0.2) is 36.0 Å². The molecule has 0 spiro atoms. The van der Waals surface area contributed by atoms with E-state index in [1.165, 1.54) is 19.1 Å². The molecule has 1 N–H and O–H groups in total. The quantitative estimate of drug-likeness (QED) is 0.556. The fourth-order valence-electron chi connectivity index (χ4n) is 1.63. The fraction of sp³-hybridized carbons (Fsp3) is 0.438. The molecule has 0 radical (unpaired) electrons. The molecule has 0 bridgehead atoms. The highest BCUT2D eigenvalue weighted by Gasteiger charge is 2.11. The molecule has 0 aliphatic carbocycles. The Morgan fingerprint density at radius 2 is 1.64 bits per heavy atom. The first-order valence-corrected chi connectivity index (χ1v) is 7.11. The molecule has 0 unspecified atom stereocenters. The van der Waals surface area contributed by atoms with Gasteiger partial charge >= 0.3 is 11.9 Å². The smallest absolute Gasteiger partial charge is 0.341 e. The largest absolute Gasteiger partial charge is 0.507 e. The number of esters is 2. The zero-order chi connectivity index (χ0) is 16.4. The normalized spacial score (nSPS) is 10.0. The van der Waals surface area contributed by atoms with Crippen LogP contribution in [0.4, 0.5) is 0 Å². The molecule has 22 heavy (non-hydrogen) atoms. The third-order valence-corrected chi connectivity index (χ3v) is 2.84. The molecule has 0 atom stereocenters. The molecule has 1 rings (SSSR count). The van der Waals surface area contributed by atoms with Crippen LogP contribution < -0.4 is 0 Å². The summed E-state index contributed by atoms with van der Waals surface area (Å²) in [4.78, 5) is 33.6. The second kappa shape index (κ2) is 9.55. The van der Waals surface area contributed by atoms with Gasteiger partial charge in [-0.05, 0) is 31.9 Å². The van der Waals surface area contributed by atoms with Gasteiger partial charge in [-0.25, -0.2) is 4.79 Å². The Morgan fingerprint density at radius 3 is 2.27 bits per heavy atom. The molecule has 0 aromatic heterocycles. The average molecular weight is 308 g/mol. The van der Waals surface area contributed by atoms with Gasteiger partial charge in [0.25, 0.3) is 0 Å². The van der Waals surface area contributed by atoms with E-state index in [9.17, 15) is 19.5 Å². The van der Waals surface area contributed by atoms with E-state index in [1.807, 2.05) is 0 Å². The van der Waals surface area contributed by atoms with Crippen molar-refractivity contribution in [3.05, 3.63) is 29.8 Å². The van der Waals surface area contributed by atoms with Gasteiger partial charge in [0.1, 0.15) is 17.1 Å². The van der Waals surface area contributed by atoms with Crippen LogP contribution in [0.2, 0.25) is 0 Å². The number of ketones is 1. The number of aromatic hydroxyl groups is 1. The second-order valence-corrected chi connectivity index (χ2v) is 4.78. The number of carbonyl (C=O) groups is 3. The summed E-state index contributed by atoms with van der Waals surface area (Å²) in [6.07, 6.45) is 1.38. The van der Waals surface area contributed by atoms with Crippen LogP contribution in [0.15, 0.2) is 24.3 Å². The summed E-state index contributed by atoms with van der Waals surface area (Å²) in [6.45, 7) is 1.83. The van der Waals surface area contributed by atoms with Crippen LogP contribution in [0.1, 0.15) is 43.0 Å². The van der Waals surface area contributed by atoms with Gasteiger partial charge in [-0.3, -0.25) is 4.79 Å². The minimum atomic E-state index is -0.587. The Hall–Kier alpha value is -2.37. The number of hydrogen-bond acceptors (Lipinski definition) is 6. The molecule has 0 aliphatic rings. The van der Waals surface area contributed by atoms with Gasteiger partial charge in [-0.1, -0.05) is 12.1 Å². The number of ether oxygens (including phenoxy) is 2. The second-order valence-electron chi connectivity index (χ2n) is 4.78. The molecule has 1 aromatic rings. The van der Waals surface area contributed by atoms with Crippen LogP contribution >= 0.6 is 0 Å². The van der Waals surface area contributed by atoms with E-state index in [2.05, 4.69) is 0 Å². The molecule has 0 heterocycles. The van der Waals surface area contributed by atoms with Gasteiger partial charge in [0, 0.05) is 6.42 Å². The zero-order valence-corrected chi connectivity index (χ0v) is 12.5. The summed E-state index contributed by atoms with van der Waals surface area (Å²) in [6, 6.07) is 6.15. The van der Waals surface area contributed by atoms with Crippen molar-refractivity contribution in [1.29, 1.82) is 0 Å². The SMILES string of the molecule is CC(=O)CCC(=O)OCCCCOC(=O)c1ccccc1O. The molecule has 6 heteroatoms. The topological polar surface area (TPSA) is 89.9 Å². The maximum Gasteiger partial charge on any atom is 0.341 e. The predicted molar refractivity (Wildman–Crippen MR) is 78.5 cm³/mol. The van der Waals surface area contributed by atoms with E-state index < -0.39 is 11.9 Å². The van der Waals surface area contributed by atoms with E-state index in [0.717, 1.165) is 0 Å². The highest BCUT2D eigenvalue weighted by molar-refractivity contribution is 5.92. The molecule has 0 saturated heterocycles. The van der Waals surface area contributed by atoms with Gasteiger partial charge in [-0.15, -0.1) is 0 Å². The van der Waals surface area contributed by atoms with Crippen LogP contribution in [0, 0.1) is 0 Å². The van der Waals surface area contributed by atoms with Gasteiger partial charge in [-0.2, -0.15) is 0 Å². The van der Waals surface area contributed by atoms with Crippen molar-refractivity contribution in [2.45, 2.75) is 32.6 Å². The lowest BCUT2D eigenvalue weighted by Gasteiger charge is -2.07. The Morgan fingerprint density at radius 1 is 1.00 bits per heavy atom. The summed E-state index contributed by atoms with van der Waals surface area (Å²) >= 11 is 0. The monoisotopic (exact) mass is 308 g/mol. The number of phenolic OH excluding ortho intramolecular Hbond substituents is 1. The number of Topliss-reactive ketones (excluding diaryl/α,β-unsaturated/α-hetero) is 1. The summed E-state index contributed by atoms with van der Waals surface area (Å²) in [7, 11) is 0. The number of rotatable bonds is 9. The highest BCUT2D eigenvalue weighted by Crippen LogP contribution is 2.16. The number of phenols is 1. The summed E-state index contributed by atoms with van der Waals surface area (Å²) in [5.41, 5.74) is 0.123. The first-order chi connectivity index (χ1) is 10.5. The lowest BCUT2D eigenvalue weighted by molar-refractivity contribution is -0.144. The first-order valence-electron chi connectivity index (χ1n) is 7.11.